The molecule has 0 saturated heterocycles. The summed E-state index contributed by atoms with van der Waals surface area (Å²) in [5.41, 5.74) is 3.80. The minimum absolute atomic E-state index is 0.0247. The summed E-state index contributed by atoms with van der Waals surface area (Å²) in [6, 6.07) is 6.40. The highest BCUT2D eigenvalue weighted by Gasteiger charge is 2.23. The van der Waals surface area contributed by atoms with E-state index >= 15 is 0 Å². The molecule has 106 valence electrons. The molecular formula is C16H22N4. The van der Waals surface area contributed by atoms with Gasteiger partial charge in [0.25, 0.3) is 0 Å². The lowest BCUT2D eigenvalue weighted by Crippen LogP contribution is -2.13. The Labute approximate surface area is 120 Å². The summed E-state index contributed by atoms with van der Waals surface area (Å²) in [4.78, 5) is 4.78. The molecule has 0 spiro atoms. The first-order chi connectivity index (χ1) is 9.47. The molecule has 4 nitrogen and oxygen atoms in total. The fraction of sp³-hybridized carbons (Fsp3) is 0.500. The number of benzene rings is 1. The minimum atomic E-state index is -0.0247. The largest absolute Gasteiger partial charge is 0.385 e. The van der Waals surface area contributed by atoms with Gasteiger partial charge in [-0.15, -0.1) is 0 Å². The van der Waals surface area contributed by atoms with Gasteiger partial charge in [-0.25, -0.2) is 9.67 Å². The number of anilines is 1. The summed E-state index contributed by atoms with van der Waals surface area (Å²) in [5.74, 6) is 1.87. The van der Waals surface area contributed by atoms with E-state index in [0.717, 1.165) is 24.6 Å². The molecule has 20 heavy (non-hydrogen) atoms. The molecule has 2 heterocycles. The lowest BCUT2D eigenvalue weighted by molar-refractivity contribution is 0.538. The number of fused-ring (bicyclic) bond motifs is 1. The van der Waals surface area contributed by atoms with Crippen LogP contribution in [0.4, 0.5) is 5.69 Å². The second-order valence-electron chi connectivity index (χ2n) is 6.49. The molecule has 0 aliphatic carbocycles. The van der Waals surface area contributed by atoms with Gasteiger partial charge < -0.3 is 5.32 Å². The first kappa shape index (κ1) is 13.2. The lowest BCUT2D eigenvalue weighted by Gasteiger charge is -2.20. The van der Waals surface area contributed by atoms with Crippen LogP contribution in [0, 0.1) is 0 Å². The Morgan fingerprint density at radius 2 is 2.05 bits per heavy atom. The SMILES string of the molecule is Cn1nc(C(C)(C)C)nc1-c1cccc2c1CCCN2. The summed E-state index contributed by atoms with van der Waals surface area (Å²) in [7, 11) is 1.98. The predicted octanol–water partition coefficient (Wildman–Crippen LogP) is 3.14. The van der Waals surface area contributed by atoms with Gasteiger partial charge in [-0.2, -0.15) is 5.10 Å². The van der Waals surface area contributed by atoms with Gasteiger partial charge in [0, 0.05) is 30.3 Å². The standard InChI is InChI=1S/C16H22N4/c1-16(2,3)15-18-14(20(4)19-15)12-7-5-9-13-11(12)8-6-10-17-13/h5,7,9,17H,6,8,10H2,1-4H3. The number of rotatable bonds is 1. The van der Waals surface area contributed by atoms with E-state index in [1.807, 2.05) is 11.7 Å². The Balaban J connectivity index is 2.12. The summed E-state index contributed by atoms with van der Waals surface area (Å²) >= 11 is 0. The maximum atomic E-state index is 4.78. The predicted molar refractivity (Wildman–Crippen MR) is 81.9 cm³/mol. The Morgan fingerprint density at radius 3 is 2.75 bits per heavy atom. The molecule has 0 fully saturated rings. The van der Waals surface area contributed by atoms with E-state index < -0.39 is 0 Å². The zero-order valence-corrected chi connectivity index (χ0v) is 12.7. The number of hydrogen-bond acceptors (Lipinski definition) is 3. The Hall–Kier alpha value is -1.84. The van der Waals surface area contributed by atoms with Crippen molar-refractivity contribution in [3.05, 3.63) is 29.6 Å². The van der Waals surface area contributed by atoms with Gasteiger partial charge >= 0.3 is 0 Å². The number of aromatic nitrogens is 3. The molecule has 3 rings (SSSR count). The third-order valence-corrected chi connectivity index (χ3v) is 3.77. The third-order valence-electron chi connectivity index (χ3n) is 3.77. The first-order valence-corrected chi connectivity index (χ1v) is 7.24. The van der Waals surface area contributed by atoms with E-state index in [2.05, 4.69) is 49.4 Å². The van der Waals surface area contributed by atoms with Gasteiger partial charge in [-0.3, -0.25) is 0 Å². The van der Waals surface area contributed by atoms with Gasteiger partial charge in [0.15, 0.2) is 11.6 Å². The van der Waals surface area contributed by atoms with Crippen LogP contribution in [0.15, 0.2) is 18.2 Å². The van der Waals surface area contributed by atoms with Crippen molar-refractivity contribution in [2.45, 2.75) is 39.0 Å². The number of nitrogens with one attached hydrogen (secondary N) is 1. The smallest absolute Gasteiger partial charge is 0.158 e. The normalized spacial score (nSPS) is 14.8. The zero-order chi connectivity index (χ0) is 14.3. The number of hydrogen-bond donors (Lipinski definition) is 1. The Bertz CT molecular complexity index is 634. The third kappa shape index (κ3) is 2.19. The van der Waals surface area contributed by atoms with E-state index in [9.17, 15) is 0 Å². The quantitative estimate of drug-likeness (QED) is 0.865. The second-order valence-corrected chi connectivity index (χ2v) is 6.49. The van der Waals surface area contributed by atoms with Crippen LogP contribution in [-0.2, 0) is 18.9 Å². The van der Waals surface area contributed by atoms with E-state index in [1.54, 1.807) is 0 Å². The van der Waals surface area contributed by atoms with E-state index in [1.165, 1.54) is 23.2 Å². The van der Waals surface area contributed by atoms with Crippen LogP contribution in [-0.4, -0.2) is 21.3 Å². The van der Waals surface area contributed by atoms with Gasteiger partial charge in [-0.05, 0) is 24.5 Å². The molecule has 0 saturated carbocycles. The summed E-state index contributed by atoms with van der Waals surface area (Å²) in [6.45, 7) is 7.50. The minimum Gasteiger partial charge on any atom is -0.385 e. The zero-order valence-electron chi connectivity index (χ0n) is 12.7. The Morgan fingerprint density at radius 1 is 1.25 bits per heavy atom. The summed E-state index contributed by atoms with van der Waals surface area (Å²) < 4.78 is 1.91. The van der Waals surface area contributed by atoms with Crippen molar-refractivity contribution in [2.24, 2.45) is 7.05 Å². The van der Waals surface area contributed by atoms with Gasteiger partial charge in [0.05, 0.1) is 0 Å². The average molecular weight is 270 g/mol. The number of aryl methyl sites for hydroxylation is 1. The molecule has 1 aliphatic heterocycles. The van der Waals surface area contributed by atoms with Crippen LogP contribution >= 0.6 is 0 Å². The Kier molecular flexibility index (Phi) is 3.04. The molecule has 1 N–H and O–H groups in total. The monoisotopic (exact) mass is 270 g/mol. The van der Waals surface area contributed by atoms with Crippen LogP contribution in [0.1, 0.15) is 38.6 Å². The van der Waals surface area contributed by atoms with Crippen molar-refractivity contribution < 1.29 is 0 Å². The molecule has 0 amide bonds. The van der Waals surface area contributed by atoms with E-state index in [-0.39, 0.29) is 5.41 Å². The average Bonchev–Trinajstić information content (AvgIpc) is 2.80. The maximum Gasteiger partial charge on any atom is 0.158 e. The molecule has 2 aromatic rings. The van der Waals surface area contributed by atoms with Gasteiger partial charge in [0.1, 0.15) is 0 Å². The fourth-order valence-electron chi connectivity index (χ4n) is 2.66. The van der Waals surface area contributed by atoms with Crippen LogP contribution in [0.2, 0.25) is 0 Å². The molecule has 0 unspecified atom stereocenters. The van der Waals surface area contributed by atoms with Crippen LogP contribution in [0.5, 0.6) is 0 Å². The molecule has 0 bridgehead atoms. The molecule has 1 aliphatic rings. The highest BCUT2D eigenvalue weighted by molar-refractivity contribution is 5.70. The highest BCUT2D eigenvalue weighted by Crippen LogP contribution is 2.32. The van der Waals surface area contributed by atoms with Crippen LogP contribution in [0.25, 0.3) is 11.4 Å². The molecule has 0 atom stereocenters. The number of nitrogens with zero attached hydrogens (tertiary/aromatic N) is 3. The first-order valence-electron chi connectivity index (χ1n) is 7.24. The highest BCUT2D eigenvalue weighted by atomic mass is 15.3. The summed E-state index contributed by atoms with van der Waals surface area (Å²) in [5, 5.41) is 8.06. The van der Waals surface area contributed by atoms with Crippen LogP contribution in [0.3, 0.4) is 0 Å². The topological polar surface area (TPSA) is 42.7 Å². The summed E-state index contributed by atoms with van der Waals surface area (Å²) in [6.07, 6.45) is 2.28. The molecule has 4 heteroatoms. The molecule has 1 aromatic heterocycles. The maximum absolute atomic E-state index is 4.78. The van der Waals surface area contributed by atoms with Crippen molar-refractivity contribution >= 4 is 5.69 Å². The van der Waals surface area contributed by atoms with E-state index in [4.69, 9.17) is 4.98 Å². The fourth-order valence-corrected chi connectivity index (χ4v) is 2.66. The second kappa shape index (κ2) is 4.62. The van der Waals surface area contributed by atoms with Crippen molar-refractivity contribution in [3.63, 3.8) is 0 Å². The van der Waals surface area contributed by atoms with Crippen molar-refractivity contribution in [3.8, 4) is 11.4 Å². The van der Waals surface area contributed by atoms with Crippen molar-refractivity contribution in [1.82, 2.24) is 14.8 Å². The lowest BCUT2D eigenvalue weighted by atomic mass is 9.95. The molecular weight excluding hydrogens is 248 g/mol. The molecule has 0 radical (unpaired) electrons. The molecule has 1 aromatic carbocycles. The van der Waals surface area contributed by atoms with E-state index in [0.29, 0.717) is 0 Å². The van der Waals surface area contributed by atoms with Crippen molar-refractivity contribution in [1.29, 1.82) is 0 Å². The van der Waals surface area contributed by atoms with Gasteiger partial charge in [-0.1, -0.05) is 32.9 Å². The van der Waals surface area contributed by atoms with Crippen LogP contribution < -0.4 is 5.32 Å². The van der Waals surface area contributed by atoms with Gasteiger partial charge in [0.2, 0.25) is 0 Å². The van der Waals surface area contributed by atoms with Crippen molar-refractivity contribution in [2.75, 3.05) is 11.9 Å².